The van der Waals surface area contributed by atoms with Crippen LogP contribution in [0.4, 0.5) is 5.69 Å². The minimum atomic E-state index is -0.242. The number of rotatable bonds is 4. The predicted octanol–water partition coefficient (Wildman–Crippen LogP) is 4.78. The average Bonchev–Trinajstić information content (AvgIpc) is 3.48. The molecule has 0 spiro atoms. The van der Waals surface area contributed by atoms with Crippen molar-refractivity contribution in [2.75, 3.05) is 37.7 Å². The first kappa shape index (κ1) is 21.6. The molecule has 0 unspecified atom stereocenters. The monoisotopic (exact) mass is 472 g/mol. The fraction of sp³-hybridized carbons (Fsp3) is 0.417. The van der Waals surface area contributed by atoms with Crippen LogP contribution in [0, 0.1) is 0 Å². The third-order valence-corrected chi connectivity index (χ3v) is 7.11. The number of fused-ring (bicyclic) bond motifs is 1. The zero-order chi connectivity index (χ0) is 22.2. The van der Waals surface area contributed by atoms with Gasteiger partial charge in [-0.1, -0.05) is 29.3 Å². The SMILES string of the molecule is C[C@H](c1ccc(Cl)cc1Cl)n1cnc2ccc(N3CCN(C(=O)[C@H]4CCCO4)CC3)cc21. The lowest BCUT2D eigenvalue weighted by Gasteiger charge is -2.37. The number of aromatic nitrogens is 2. The number of hydrogen-bond acceptors (Lipinski definition) is 4. The number of amides is 1. The first-order valence-electron chi connectivity index (χ1n) is 11.1. The van der Waals surface area contributed by atoms with E-state index in [0.29, 0.717) is 29.7 Å². The van der Waals surface area contributed by atoms with Crippen LogP contribution >= 0.6 is 23.2 Å². The molecule has 2 fully saturated rings. The van der Waals surface area contributed by atoms with Crippen LogP contribution in [0.3, 0.4) is 0 Å². The van der Waals surface area contributed by atoms with Crippen LogP contribution in [0.25, 0.3) is 11.0 Å². The molecule has 0 N–H and O–H groups in total. The van der Waals surface area contributed by atoms with Gasteiger partial charge in [-0.05, 0) is 55.7 Å². The number of imidazole rings is 1. The molecule has 0 aliphatic carbocycles. The Labute approximate surface area is 197 Å². The number of anilines is 1. The number of ether oxygens (including phenoxy) is 1. The van der Waals surface area contributed by atoms with Crippen molar-refractivity contribution in [2.45, 2.75) is 31.9 Å². The number of carbonyl (C=O) groups excluding carboxylic acids is 1. The van der Waals surface area contributed by atoms with Gasteiger partial charge < -0.3 is 19.1 Å². The van der Waals surface area contributed by atoms with E-state index in [-0.39, 0.29) is 18.1 Å². The number of benzene rings is 2. The third-order valence-electron chi connectivity index (χ3n) is 6.55. The van der Waals surface area contributed by atoms with E-state index in [4.69, 9.17) is 27.9 Å². The van der Waals surface area contributed by atoms with E-state index < -0.39 is 0 Å². The Hall–Kier alpha value is -2.28. The smallest absolute Gasteiger partial charge is 0.251 e. The Morgan fingerprint density at radius 2 is 1.94 bits per heavy atom. The quantitative estimate of drug-likeness (QED) is 0.548. The molecule has 2 saturated heterocycles. The molecule has 2 aromatic carbocycles. The van der Waals surface area contributed by atoms with Crippen LogP contribution in [0.1, 0.15) is 31.4 Å². The molecular formula is C24H26Cl2N4O2. The summed E-state index contributed by atoms with van der Waals surface area (Å²) in [6.45, 7) is 5.84. The third kappa shape index (κ3) is 4.07. The standard InChI is InChI=1S/C24H26Cl2N4O2/c1-16(19-6-4-17(25)13-20(19)26)30-15-27-21-7-5-18(14-22(21)30)28-8-10-29(11-9-28)24(31)23-3-2-12-32-23/h4-7,13-16,23H,2-3,8-12H2,1H3/t16-,23-/m1/s1. The number of hydrogen-bond donors (Lipinski definition) is 0. The number of nitrogens with zero attached hydrogens (tertiary/aromatic N) is 4. The maximum Gasteiger partial charge on any atom is 0.251 e. The Balaban J connectivity index is 1.34. The van der Waals surface area contributed by atoms with E-state index in [1.165, 1.54) is 0 Å². The van der Waals surface area contributed by atoms with Crippen molar-refractivity contribution in [2.24, 2.45) is 0 Å². The molecule has 3 aromatic rings. The highest BCUT2D eigenvalue weighted by Crippen LogP contribution is 2.32. The minimum Gasteiger partial charge on any atom is -0.368 e. The summed E-state index contributed by atoms with van der Waals surface area (Å²) in [4.78, 5) is 21.5. The van der Waals surface area contributed by atoms with Gasteiger partial charge in [0.15, 0.2) is 0 Å². The molecule has 0 bridgehead atoms. The zero-order valence-electron chi connectivity index (χ0n) is 18.0. The Morgan fingerprint density at radius 1 is 1.12 bits per heavy atom. The molecular weight excluding hydrogens is 447 g/mol. The van der Waals surface area contributed by atoms with Crippen molar-refractivity contribution in [1.82, 2.24) is 14.5 Å². The number of carbonyl (C=O) groups is 1. The highest BCUT2D eigenvalue weighted by Gasteiger charge is 2.30. The van der Waals surface area contributed by atoms with E-state index >= 15 is 0 Å². The first-order valence-corrected chi connectivity index (χ1v) is 11.8. The van der Waals surface area contributed by atoms with Gasteiger partial charge in [-0.2, -0.15) is 0 Å². The van der Waals surface area contributed by atoms with E-state index in [1.807, 2.05) is 23.4 Å². The summed E-state index contributed by atoms with van der Waals surface area (Å²) in [6.07, 6.45) is 3.44. The normalized spacial score (nSPS) is 20.2. The molecule has 6 nitrogen and oxygen atoms in total. The molecule has 2 aliphatic rings. The lowest BCUT2D eigenvalue weighted by molar-refractivity contribution is -0.141. The molecule has 3 heterocycles. The van der Waals surface area contributed by atoms with Gasteiger partial charge in [0, 0.05) is 48.5 Å². The average molecular weight is 473 g/mol. The van der Waals surface area contributed by atoms with Crippen molar-refractivity contribution in [1.29, 1.82) is 0 Å². The van der Waals surface area contributed by atoms with E-state index in [0.717, 1.165) is 48.2 Å². The van der Waals surface area contributed by atoms with Crippen molar-refractivity contribution >= 4 is 45.8 Å². The van der Waals surface area contributed by atoms with Gasteiger partial charge in [0.2, 0.25) is 0 Å². The summed E-state index contributed by atoms with van der Waals surface area (Å²) in [5.41, 5.74) is 4.14. The lowest BCUT2D eigenvalue weighted by atomic mass is 10.1. The lowest BCUT2D eigenvalue weighted by Crippen LogP contribution is -2.51. The summed E-state index contributed by atoms with van der Waals surface area (Å²) in [5.74, 6) is 0.143. The Morgan fingerprint density at radius 3 is 2.66 bits per heavy atom. The largest absolute Gasteiger partial charge is 0.368 e. The number of piperazine rings is 1. The summed E-state index contributed by atoms with van der Waals surface area (Å²) in [7, 11) is 0. The molecule has 0 radical (unpaired) electrons. The zero-order valence-corrected chi connectivity index (χ0v) is 19.5. The van der Waals surface area contributed by atoms with Crippen LogP contribution in [-0.4, -0.2) is 59.2 Å². The maximum absolute atomic E-state index is 12.6. The predicted molar refractivity (Wildman–Crippen MR) is 128 cm³/mol. The van der Waals surface area contributed by atoms with Gasteiger partial charge in [-0.15, -0.1) is 0 Å². The maximum atomic E-state index is 12.6. The van der Waals surface area contributed by atoms with E-state index in [9.17, 15) is 4.79 Å². The van der Waals surface area contributed by atoms with Crippen LogP contribution in [-0.2, 0) is 9.53 Å². The van der Waals surface area contributed by atoms with Gasteiger partial charge in [0.1, 0.15) is 6.10 Å². The first-order chi connectivity index (χ1) is 15.5. The topological polar surface area (TPSA) is 50.6 Å². The fourth-order valence-electron chi connectivity index (χ4n) is 4.67. The van der Waals surface area contributed by atoms with Crippen LogP contribution < -0.4 is 4.90 Å². The summed E-state index contributed by atoms with van der Waals surface area (Å²) in [6, 6.07) is 12.0. The van der Waals surface area contributed by atoms with Crippen LogP contribution in [0.2, 0.25) is 10.0 Å². The minimum absolute atomic E-state index is 0.0147. The summed E-state index contributed by atoms with van der Waals surface area (Å²) in [5, 5.41) is 1.27. The van der Waals surface area contributed by atoms with Crippen molar-refractivity contribution in [3.8, 4) is 0 Å². The van der Waals surface area contributed by atoms with E-state index in [2.05, 4.69) is 39.6 Å². The molecule has 168 valence electrons. The molecule has 2 aliphatic heterocycles. The highest BCUT2D eigenvalue weighted by atomic mass is 35.5. The van der Waals surface area contributed by atoms with Gasteiger partial charge in [-0.3, -0.25) is 4.79 Å². The second-order valence-corrected chi connectivity index (χ2v) is 9.32. The van der Waals surface area contributed by atoms with Crippen molar-refractivity contribution in [3.05, 3.63) is 58.3 Å². The van der Waals surface area contributed by atoms with Crippen LogP contribution in [0.5, 0.6) is 0 Å². The van der Waals surface area contributed by atoms with Gasteiger partial charge in [0.25, 0.3) is 5.91 Å². The fourth-order valence-corrected chi connectivity index (χ4v) is 5.24. The van der Waals surface area contributed by atoms with Crippen molar-refractivity contribution < 1.29 is 9.53 Å². The van der Waals surface area contributed by atoms with Gasteiger partial charge in [0.05, 0.1) is 23.4 Å². The van der Waals surface area contributed by atoms with Crippen molar-refractivity contribution in [3.63, 3.8) is 0 Å². The second-order valence-electron chi connectivity index (χ2n) is 8.48. The Kier molecular flexibility index (Phi) is 6.01. The Bertz CT molecular complexity index is 1130. The molecule has 2 atom stereocenters. The molecule has 8 heteroatoms. The molecule has 1 amide bonds. The second kappa shape index (κ2) is 8.93. The molecule has 32 heavy (non-hydrogen) atoms. The van der Waals surface area contributed by atoms with Gasteiger partial charge >= 0.3 is 0 Å². The van der Waals surface area contributed by atoms with E-state index in [1.54, 1.807) is 6.07 Å². The molecule has 0 saturated carbocycles. The molecule has 5 rings (SSSR count). The number of halogens is 2. The summed E-state index contributed by atoms with van der Waals surface area (Å²) < 4.78 is 7.72. The summed E-state index contributed by atoms with van der Waals surface area (Å²) >= 11 is 12.5. The molecule has 1 aromatic heterocycles. The van der Waals surface area contributed by atoms with Gasteiger partial charge in [-0.25, -0.2) is 4.98 Å². The van der Waals surface area contributed by atoms with Crippen LogP contribution in [0.15, 0.2) is 42.7 Å². The highest BCUT2D eigenvalue weighted by molar-refractivity contribution is 6.35.